The lowest BCUT2D eigenvalue weighted by Gasteiger charge is -2.34. The van der Waals surface area contributed by atoms with Crippen LogP contribution in [0.25, 0.3) is 0 Å². The second-order valence-electron chi connectivity index (χ2n) is 6.31. The van der Waals surface area contributed by atoms with Crippen molar-refractivity contribution in [3.05, 3.63) is 11.7 Å². The van der Waals surface area contributed by atoms with Gasteiger partial charge in [0.25, 0.3) is 0 Å². The van der Waals surface area contributed by atoms with Crippen molar-refractivity contribution in [2.24, 2.45) is 11.7 Å². The Bertz CT molecular complexity index is 507. The summed E-state index contributed by atoms with van der Waals surface area (Å²) in [6.45, 7) is 4.60. The quantitative estimate of drug-likeness (QED) is 0.910. The molecule has 1 aromatic heterocycles. The molecular weight excluding hydrogens is 256 g/mol. The first kappa shape index (κ1) is 13.5. The van der Waals surface area contributed by atoms with E-state index in [0.29, 0.717) is 11.7 Å². The van der Waals surface area contributed by atoms with Crippen molar-refractivity contribution in [1.82, 2.24) is 15.0 Å². The van der Waals surface area contributed by atoms with Crippen LogP contribution in [0.15, 0.2) is 4.52 Å². The highest BCUT2D eigenvalue weighted by Gasteiger charge is 2.41. The number of nitrogens with two attached hydrogens (primary N) is 1. The molecule has 6 nitrogen and oxygen atoms in total. The maximum absolute atomic E-state index is 12.2. The maximum Gasteiger partial charge on any atom is 0.249 e. The predicted octanol–water partition coefficient (Wildman–Crippen LogP) is 1.73. The third-order valence-corrected chi connectivity index (χ3v) is 4.45. The van der Waals surface area contributed by atoms with Crippen LogP contribution in [0.3, 0.4) is 0 Å². The summed E-state index contributed by atoms with van der Waals surface area (Å²) in [5.74, 6) is 1.29. The highest BCUT2D eigenvalue weighted by molar-refractivity contribution is 5.78. The van der Waals surface area contributed by atoms with Crippen LogP contribution in [0.5, 0.6) is 0 Å². The molecule has 6 heteroatoms. The van der Waals surface area contributed by atoms with Crippen LogP contribution in [-0.2, 0) is 10.3 Å². The molecule has 1 aliphatic heterocycles. The van der Waals surface area contributed by atoms with Crippen molar-refractivity contribution in [2.45, 2.75) is 57.5 Å². The van der Waals surface area contributed by atoms with Gasteiger partial charge in [-0.2, -0.15) is 4.98 Å². The number of hydrogen-bond donors (Lipinski definition) is 1. The molecule has 1 saturated carbocycles. The van der Waals surface area contributed by atoms with Gasteiger partial charge in [-0.3, -0.25) is 4.79 Å². The molecule has 1 unspecified atom stereocenters. The van der Waals surface area contributed by atoms with E-state index in [9.17, 15) is 4.79 Å². The minimum atomic E-state index is -0.409. The number of amides is 1. The zero-order valence-corrected chi connectivity index (χ0v) is 12.1. The number of aromatic nitrogens is 2. The van der Waals surface area contributed by atoms with E-state index in [4.69, 9.17) is 10.3 Å². The van der Waals surface area contributed by atoms with Gasteiger partial charge in [-0.15, -0.1) is 0 Å². The Hall–Kier alpha value is -1.43. The number of rotatable bonds is 3. The van der Waals surface area contributed by atoms with E-state index < -0.39 is 5.54 Å². The molecule has 2 aliphatic rings. The van der Waals surface area contributed by atoms with Crippen molar-refractivity contribution in [3.63, 3.8) is 0 Å². The second kappa shape index (κ2) is 4.84. The minimum Gasteiger partial charge on any atom is -0.337 e. The highest BCUT2D eigenvalue weighted by Crippen LogP contribution is 2.38. The summed E-state index contributed by atoms with van der Waals surface area (Å²) < 4.78 is 5.40. The smallest absolute Gasteiger partial charge is 0.249 e. The van der Waals surface area contributed by atoms with E-state index in [1.165, 1.54) is 0 Å². The van der Waals surface area contributed by atoms with Crippen molar-refractivity contribution >= 4 is 5.91 Å². The van der Waals surface area contributed by atoms with Crippen LogP contribution in [-0.4, -0.2) is 27.5 Å². The Morgan fingerprint density at radius 1 is 1.45 bits per heavy atom. The summed E-state index contributed by atoms with van der Waals surface area (Å²) in [5, 5.41) is 4.04. The van der Waals surface area contributed by atoms with E-state index in [1.807, 2.05) is 18.7 Å². The number of carbonyl (C=O) groups is 1. The van der Waals surface area contributed by atoms with Crippen LogP contribution < -0.4 is 5.73 Å². The molecule has 0 radical (unpaired) electrons. The Morgan fingerprint density at radius 2 is 2.20 bits per heavy atom. The molecule has 2 N–H and O–H groups in total. The fourth-order valence-corrected chi connectivity index (χ4v) is 2.97. The molecule has 1 aromatic rings. The first-order valence-corrected chi connectivity index (χ1v) is 7.45. The van der Waals surface area contributed by atoms with Crippen molar-refractivity contribution in [3.8, 4) is 0 Å². The summed E-state index contributed by atoms with van der Waals surface area (Å²) in [6, 6.07) is -0.0742. The molecule has 1 amide bonds. The van der Waals surface area contributed by atoms with E-state index in [2.05, 4.69) is 10.1 Å². The number of nitrogens with zero attached hydrogens (tertiary/aromatic N) is 3. The van der Waals surface area contributed by atoms with Crippen molar-refractivity contribution < 1.29 is 9.32 Å². The Labute approximate surface area is 118 Å². The lowest BCUT2D eigenvalue weighted by atomic mass is 9.77. The molecule has 20 heavy (non-hydrogen) atoms. The maximum atomic E-state index is 12.2. The first-order chi connectivity index (χ1) is 9.51. The summed E-state index contributed by atoms with van der Waals surface area (Å²) in [7, 11) is 0. The average molecular weight is 278 g/mol. The zero-order chi connectivity index (χ0) is 14.3. The molecule has 2 fully saturated rings. The van der Waals surface area contributed by atoms with Crippen molar-refractivity contribution in [2.75, 3.05) is 6.54 Å². The zero-order valence-electron chi connectivity index (χ0n) is 12.1. The summed E-state index contributed by atoms with van der Waals surface area (Å²) in [5.41, 5.74) is 5.80. The molecule has 0 bridgehead atoms. The second-order valence-corrected chi connectivity index (χ2v) is 6.31. The minimum absolute atomic E-state index is 0.00882. The van der Waals surface area contributed by atoms with E-state index in [0.717, 1.165) is 38.6 Å². The Kier molecular flexibility index (Phi) is 3.28. The molecule has 0 spiro atoms. The third-order valence-electron chi connectivity index (χ3n) is 4.45. The van der Waals surface area contributed by atoms with Crippen LogP contribution in [0.1, 0.15) is 63.7 Å². The fourth-order valence-electron chi connectivity index (χ4n) is 2.97. The topological polar surface area (TPSA) is 85.2 Å². The van der Waals surface area contributed by atoms with Crippen LogP contribution in [0, 0.1) is 5.92 Å². The molecule has 1 saturated heterocycles. The SMILES string of the molecule is CC(C)C(=O)N1CCCC1c1nc(C2(N)CCC2)no1. The first-order valence-electron chi connectivity index (χ1n) is 7.45. The van der Waals surface area contributed by atoms with Gasteiger partial charge in [-0.1, -0.05) is 19.0 Å². The molecule has 0 aromatic carbocycles. The van der Waals surface area contributed by atoms with Gasteiger partial charge in [0, 0.05) is 12.5 Å². The third kappa shape index (κ3) is 2.12. The number of likely N-dealkylation sites (tertiary alicyclic amines) is 1. The van der Waals surface area contributed by atoms with Gasteiger partial charge < -0.3 is 15.2 Å². The molecule has 1 atom stereocenters. The van der Waals surface area contributed by atoms with E-state index >= 15 is 0 Å². The summed E-state index contributed by atoms with van der Waals surface area (Å²) in [4.78, 5) is 18.6. The van der Waals surface area contributed by atoms with E-state index in [-0.39, 0.29) is 17.9 Å². The van der Waals surface area contributed by atoms with E-state index in [1.54, 1.807) is 0 Å². The monoisotopic (exact) mass is 278 g/mol. The normalized spacial score (nSPS) is 25.0. The largest absolute Gasteiger partial charge is 0.337 e. The average Bonchev–Trinajstić information content (AvgIpc) is 3.02. The van der Waals surface area contributed by atoms with Crippen LogP contribution in [0.4, 0.5) is 0 Å². The van der Waals surface area contributed by atoms with Gasteiger partial charge >= 0.3 is 0 Å². The molecule has 3 rings (SSSR count). The van der Waals surface area contributed by atoms with Crippen LogP contribution in [0.2, 0.25) is 0 Å². The highest BCUT2D eigenvalue weighted by atomic mass is 16.5. The van der Waals surface area contributed by atoms with Crippen LogP contribution >= 0.6 is 0 Å². The predicted molar refractivity (Wildman–Crippen MR) is 72.5 cm³/mol. The summed E-state index contributed by atoms with van der Waals surface area (Å²) >= 11 is 0. The molecule has 2 heterocycles. The van der Waals surface area contributed by atoms with Crippen molar-refractivity contribution in [1.29, 1.82) is 0 Å². The Balaban J connectivity index is 1.80. The van der Waals surface area contributed by atoms with Gasteiger partial charge in [0.15, 0.2) is 5.82 Å². The van der Waals surface area contributed by atoms with Gasteiger partial charge in [-0.05, 0) is 32.1 Å². The van der Waals surface area contributed by atoms with Gasteiger partial charge in [0.1, 0.15) is 6.04 Å². The van der Waals surface area contributed by atoms with Gasteiger partial charge in [-0.25, -0.2) is 0 Å². The Morgan fingerprint density at radius 3 is 2.80 bits per heavy atom. The number of hydrogen-bond acceptors (Lipinski definition) is 5. The molecule has 110 valence electrons. The van der Waals surface area contributed by atoms with Gasteiger partial charge in [0.2, 0.25) is 11.8 Å². The molecular formula is C14H22N4O2. The summed E-state index contributed by atoms with van der Waals surface area (Å²) in [6.07, 6.45) is 4.80. The molecule has 1 aliphatic carbocycles. The lowest BCUT2D eigenvalue weighted by molar-refractivity contribution is -0.135. The standard InChI is InChI=1S/C14H22N4O2/c1-9(2)12(19)18-8-3-5-10(18)11-16-13(17-20-11)14(15)6-4-7-14/h9-10H,3-8,15H2,1-2H3. The van der Waals surface area contributed by atoms with Gasteiger partial charge in [0.05, 0.1) is 5.54 Å². The lowest BCUT2D eigenvalue weighted by Crippen LogP contribution is -2.44. The fraction of sp³-hybridized carbons (Fsp3) is 0.786. The number of carbonyl (C=O) groups excluding carboxylic acids is 1.